The Kier molecular flexibility index (Phi) is 6.17. The van der Waals surface area contributed by atoms with Crippen LogP contribution in [-0.2, 0) is 0 Å². The number of anilines is 1. The standard InChI is InChI=1S/C17H17Cl2N3O2/c1-3-22(4-2)17(24)13-6-5-12(10-14(13)18)21-16(23)11-7-8-20-15(19)9-11/h5-10H,3-4H2,1-2H3,(H,21,23). The Morgan fingerprint density at radius 2 is 1.83 bits per heavy atom. The lowest BCUT2D eigenvalue weighted by atomic mass is 10.1. The normalized spacial score (nSPS) is 10.3. The van der Waals surface area contributed by atoms with Gasteiger partial charge in [0.15, 0.2) is 0 Å². The second-order valence-corrected chi connectivity index (χ2v) is 5.79. The van der Waals surface area contributed by atoms with Crippen molar-refractivity contribution in [3.8, 4) is 0 Å². The fraction of sp³-hybridized carbons (Fsp3) is 0.235. The second kappa shape index (κ2) is 8.13. The highest BCUT2D eigenvalue weighted by Crippen LogP contribution is 2.23. The Hall–Kier alpha value is -2.11. The first-order chi connectivity index (χ1) is 11.5. The second-order valence-electron chi connectivity index (χ2n) is 4.99. The molecule has 0 fully saturated rings. The SMILES string of the molecule is CCN(CC)C(=O)c1ccc(NC(=O)c2ccnc(Cl)c2)cc1Cl. The molecule has 0 unspecified atom stereocenters. The minimum absolute atomic E-state index is 0.135. The molecular formula is C17H17Cl2N3O2. The molecule has 126 valence electrons. The average molecular weight is 366 g/mol. The van der Waals surface area contributed by atoms with Crippen molar-refractivity contribution in [2.45, 2.75) is 13.8 Å². The molecule has 0 saturated carbocycles. The molecule has 24 heavy (non-hydrogen) atoms. The van der Waals surface area contributed by atoms with Gasteiger partial charge in [-0.25, -0.2) is 4.98 Å². The molecule has 1 N–H and O–H groups in total. The number of nitrogens with zero attached hydrogens (tertiary/aromatic N) is 2. The third-order valence-electron chi connectivity index (χ3n) is 3.50. The zero-order valence-electron chi connectivity index (χ0n) is 13.3. The number of nitrogens with one attached hydrogen (secondary N) is 1. The third-order valence-corrected chi connectivity index (χ3v) is 4.02. The van der Waals surface area contributed by atoms with Crippen molar-refractivity contribution in [1.82, 2.24) is 9.88 Å². The maximum atomic E-state index is 12.4. The fourth-order valence-corrected chi connectivity index (χ4v) is 2.63. The maximum absolute atomic E-state index is 12.4. The summed E-state index contributed by atoms with van der Waals surface area (Å²) in [6.07, 6.45) is 1.45. The molecule has 7 heteroatoms. The summed E-state index contributed by atoms with van der Waals surface area (Å²) in [7, 11) is 0. The van der Waals surface area contributed by atoms with E-state index in [-0.39, 0.29) is 22.0 Å². The summed E-state index contributed by atoms with van der Waals surface area (Å²) >= 11 is 12.0. The van der Waals surface area contributed by atoms with Gasteiger partial charge < -0.3 is 10.2 Å². The molecule has 0 saturated heterocycles. The first kappa shape index (κ1) is 18.2. The number of aromatic nitrogens is 1. The van der Waals surface area contributed by atoms with Gasteiger partial charge in [0.05, 0.1) is 10.6 Å². The molecule has 0 aliphatic heterocycles. The van der Waals surface area contributed by atoms with E-state index in [4.69, 9.17) is 23.2 Å². The van der Waals surface area contributed by atoms with Gasteiger partial charge in [-0.1, -0.05) is 23.2 Å². The van der Waals surface area contributed by atoms with Gasteiger partial charge in [-0.3, -0.25) is 9.59 Å². The van der Waals surface area contributed by atoms with Gasteiger partial charge in [0, 0.05) is 30.5 Å². The van der Waals surface area contributed by atoms with Crippen LogP contribution in [0.25, 0.3) is 0 Å². The average Bonchev–Trinajstić information content (AvgIpc) is 2.56. The van der Waals surface area contributed by atoms with Gasteiger partial charge in [-0.05, 0) is 44.2 Å². The summed E-state index contributed by atoms with van der Waals surface area (Å²) in [4.78, 5) is 30.0. The van der Waals surface area contributed by atoms with Crippen LogP contribution in [0.5, 0.6) is 0 Å². The van der Waals surface area contributed by atoms with Crippen molar-refractivity contribution in [3.05, 3.63) is 57.8 Å². The predicted molar refractivity (Wildman–Crippen MR) is 95.9 cm³/mol. The van der Waals surface area contributed by atoms with Gasteiger partial charge in [-0.15, -0.1) is 0 Å². The van der Waals surface area contributed by atoms with E-state index in [9.17, 15) is 9.59 Å². The quantitative estimate of drug-likeness (QED) is 0.810. The summed E-state index contributed by atoms with van der Waals surface area (Å²) in [5.74, 6) is -0.470. The van der Waals surface area contributed by atoms with Crippen LogP contribution in [0.2, 0.25) is 10.2 Å². The first-order valence-electron chi connectivity index (χ1n) is 7.48. The van der Waals surface area contributed by atoms with Gasteiger partial charge in [0.1, 0.15) is 5.15 Å². The van der Waals surface area contributed by atoms with E-state index in [1.807, 2.05) is 13.8 Å². The fourth-order valence-electron chi connectivity index (χ4n) is 2.19. The summed E-state index contributed by atoms with van der Waals surface area (Å²) in [6, 6.07) is 7.83. The van der Waals surface area contributed by atoms with E-state index in [1.54, 1.807) is 29.2 Å². The van der Waals surface area contributed by atoms with Gasteiger partial charge in [0.25, 0.3) is 11.8 Å². The van der Waals surface area contributed by atoms with E-state index in [1.165, 1.54) is 12.3 Å². The Bertz CT molecular complexity index is 761. The smallest absolute Gasteiger partial charge is 0.255 e. The highest BCUT2D eigenvalue weighted by atomic mass is 35.5. The zero-order valence-corrected chi connectivity index (χ0v) is 14.9. The number of amides is 2. The summed E-state index contributed by atoms with van der Waals surface area (Å²) in [6.45, 7) is 5.02. The number of halogens is 2. The highest BCUT2D eigenvalue weighted by molar-refractivity contribution is 6.34. The van der Waals surface area contributed by atoms with Crippen molar-refractivity contribution in [2.75, 3.05) is 18.4 Å². The van der Waals surface area contributed by atoms with Crippen molar-refractivity contribution < 1.29 is 9.59 Å². The molecule has 5 nitrogen and oxygen atoms in total. The number of pyridine rings is 1. The Labute approximate surface area is 150 Å². The van der Waals surface area contributed by atoms with Crippen molar-refractivity contribution in [1.29, 1.82) is 0 Å². The molecule has 2 amide bonds. The number of hydrogen-bond acceptors (Lipinski definition) is 3. The lowest BCUT2D eigenvalue weighted by Crippen LogP contribution is -2.30. The van der Waals surface area contributed by atoms with Crippen LogP contribution < -0.4 is 5.32 Å². The molecule has 0 spiro atoms. The molecule has 1 aromatic carbocycles. The van der Waals surface area contributed by atoms with Crippen molar-refractivity contribution in [2.24, 2.45) is 0 Å². The summed E-state index contributed by atoms with van der Waals surface area (Å²) < 4.78 is 0. The van der Waals surface area contributed by atoms with Crippen LogP contribution in [0.4, 0.5) is 5.69 Å². The van der Waals surface area contributed by atoms with Crippen LogP contribution >= 0.6 is 23.2 Å². The number of rotatable bonds is 5. The minimum atomic E-state index is -0.335. The van der Waals surface area contributed by atoms with Crippen LogP contribution in [0.1, 0.15) is 34.6 Å². The highest BCUT2D eigenvalue weighted by Gasteiger charge is 2.16. The van der Waals surface area contributed by atoms with Gasteiger partial charge in [0.2, 0.25) is 0 Å². The van der Waals surface area contributed by atoms with Crippen LogP contribution in [0, 0.1) is 0 Å². The molecule has 0 aliphatic rings. The van der Waals surface area contributed by atoms with E-state index in [0.717, 1.165) is 0 Å². The lowest BCUT2D eigenvalue weighted by molar-refractivity contribution is 0.0773. The monoisotopic (exact) mass is 365 g/mol. The van der Waals surface area contributed by atoms with Crippen LogP contribution in [0.15, 0.2) is 36.5 Å². The van der Waals surface area contributed by atoms with Crippen molar-refractivity contribution in [3.63, 3.8) is 0 Å². The Morgan fingerprint density at radius 3 is 2.42 bits per heavy atom. The molecular weight excluding hydrogens is 349 g/mol. The largest absolute Gasteiger partial charge is 0.339 e. The molecule has 1 aromatic heterocycles. The van der Waals surface area contributed by atoms with Gasteiger partial charge in [-0.2, -0.15) is 0 Å². The number of carbonyl (C=O) groups is 2. The molecule has 1 heterocycles. The van der Waals surface area contributed by atoms with Gasteiger partial charge >= 0.3 is 0 Å². The molecule has 0 bridgehead atoms. The first-order valence-corrected chi connectivity index (χ1v) is 8.23. The lowest BCUT2D eigenvalue weighted by Gasteiger charge is -2.19. The number of carbonyl (C=O) groups excluding carboxylic acids is 2. The van der Waals surface area contributed by atoms with E-state index >= 15 is 0 Å². The van der Waals surface area contributed by atoms with E-state index < -0.39 is 0 Å². The predicted octanol–water partition coefficient (Wildman–Crippen LogP) is 4.12. The minimum Gasteiger partial charge on any atom is -0.339 e. The molecule has 0 aliphatic carbocycles. The van der Waals surface area contributed by atoms with E-state index in [0.29, 0.717) is 29.9 Å². The molecule has 2 rings (SSSR count). The number of hydrogen-bond donors (Lipinski definition) is 1. The number of benzene rings is 1. The summed E-state index contributed by atoms with van der Waals surface area (Å²) in [5, 5.41) is 3.24. The van der Waals surface area contributed by atoms with Crippen LogP contribution in [0.3, 0.4) is 0 Å². The maximum Gasteiger partial charge on any atom is 0.255 e. The third kappa shape index (κ3) is 4.24. The molecule has 0 radical (unpaired) electrons. The van der Waals surface area contributed by atoms with Crippen LogP contribution in [-0.4, -0.2) is 34.8 Å². The Balaban J connectivity index is 2.18. The van der Waals surface area contributed by atoms with Crippen molar-refractivity contribution >= 4 is 40.7 Å². The zero-order chi connectivity index (χ0) is 17.7. The topological polar surface area (TPSA) is 62.3 Å². The Morgan fingerprint density at radius 1 is 1.12 bits per heavy atom. The molecule has 0 atom stereocenters. The molecule has 2 aromatic rings. The van der Waals surface area contributed by atoms with E-state index in [2.05, 4.69) is 10.3 Å². The summed E-state index contributed by atoms with van der Waals surface area (Å²) in [5.41, 5.74) is 1.29.